The topological polar surface area (TPSA) is 102 Å². The number of nitrogens with zero attached hydrogens (tertiary/aromatic N) is 3. The van der Waals surface area contributed by atoms with Crippen LogP contribution in [0.1, 0.15) is 19.4 Å². The zero-order valence-electron chi connectivity index (χ0n) is 15.4. The molecule has 0 aliphatic carbocycles. The van der Waals surface area contributed by atoms with Crippen LogP contribution in [0.3, 0.4) is 0 Å². The van der Waals surface area contributed by atoms with Gasteiger partial charge >= 0.3 is 12.1 Å². The average molecular weight is 367 g/mol. The van der Waals surface area contributed by atoms with Crippen LogP contribution in [-0.2, 0) is 4.74 Å². The maximum Gasteiger partial charge on any atom is 0.411 e. The Morgan fingerprint density at radius 3 is 2.85 bits per heavy atom. The van der Waals surface area contributed by atoms with E-state index in [0.29, 0.717) is 18.2 Å². The number of hydrogen-bond donors (Lipinski definition) is 2. The highest BCUT2D eigenvalue weighted by Gasteiger charge is 2.11. The van der Waals surface area contributed by atoms with Gasteiger partial charge in [0.25, 0.3) is 5.89 Å². The van der Waals surface area contributed by atoms with Crippen LogP contribution in [0.25, 0.3) is 11.5 Å². The monoisotopic (exact) mass is 367 g/mol. The highest BCUT2D eigenvalue weighted by Crippen LogP contribution is 2.25. The van der Waals surface area contributed by atoms with Crippen LogP contribution < -0.4 is 10.6 Å². The Morgan fingerprint density at radius 1 is 1.26 bits per heavy atom. The van der Waals surface area contributed by atoms with Crippen LogP contribution in [0.4, 0.5) is 22.2 Å². The molecule has 0 radical (unpaired) electrons. The molecule has 2 heterocycles. The van der Waals surface area contributed by atoms with Crippen molar-refractivity contribution in [2.24, 2.45) is 5.92 Å². The molecular formula is C19H21N5O3. The first-order valence-electron chi connectivity index (χ1n) is 8.56. The number of pyridine rings is 1. The lowest BCUT2D eigenvalue weighted by Crippen LogP contribution is -2.16. The smallest absolute Gasteiger partial charge is 0.411 e. The number of anilines is 3. The second kappa shape index (κ2) is 8.31. The molecule has 1 aromatic carbocycles. The molecule has 2 aromatic heterocycles. The summed E-state index contributed by atoms with van der Waals surface area (Å²) in [5.74, 6) is 0.646. The normalized spacial score (nSPS) is 10.7. The maximum atomic E-state index is 11.8. The van der Waals surface area contributed by atoms with Gasteiger partial charge in [0.05, 0.1) is 12.2 Å². The van der Waals surface area contributed by atoms with E-state index < -0.39 is 6.09 Å². The second-order valence-corrected chi connectivity index (χ2v) is 6.43. The van der Waals surface area contributed by atoms with Crippen molar-refractivity contribution in [3.8, 4) is 11.5 Å². The number of carbonyl (C=O) groups excluding carboxylic acids is 1. The van der Waals surface area contributed by atoms with Crippen LogP contribution in [0.5, 0.6) is 0 Å². The summed E-state index contributed by atoms with van der Waals surface area (Å²) in [5, 5.41) is 13.8. The Kier molecular flexibility index (Phi) is 5.65. The van der Waals surface area contributed by atoms with Crippen LogP contribution in [0.15, 0.2) is 47.1 Å². The number of nitrogens with one attached hydrogen (secondary N) is 2. The number of hydrogen-bond acceptors (Lipinski definition) is 7. The van der Waals surface area contributed by atoms with Crippen molar-refractivity contribution in [1.29, 1.82) is 0 Å². The molecule has 2 N–H and O–H groups in total. The molecule has 0 bridgehead atoms. The number of rotatable bonds is 6. The molecule has 0 aliphatic rings. The fraction of sp³-hybridized carbons (Fsp3) is 0.263. The Bertz CT molecular complexity index is 909. The van der Waals surface area contributed by atoms with Gasteiger partial charge in [0.2, 0.25) is 0 Å². The number of amides is 1. The van der Waals surface area contributed by atoms with Crippen molar-refractivity contribution in [2.45, 2.75) is 20.8 Å². The molecule has 27 heavy (non-hydrogen) atoms. The van der Waals surface area contributed by atoms with Crippen LogP contribution in [0, 0.1) is 12.8 Å². The van der Waals surface area contributed by atoms with E-state index >= 15 is 0 Å². The van der Waals surface area contributed by atoms with Gasteiger partial charge in [0, 0.05) is 23.8 Å². The maximum absolute atomic E-state index is 11.8. The first-order chi connectivity index (χ1) is 13.0. The Labute approximate surface area is 157 Å². The molecule has 0 aliphatic heterocycles. The second-order valence-electron chi connectivity index (χ2n) is 6.43. The SMILES string of the molecule is Cc1ccc(NC(=O)OCC(C)C)cc1Nc1nnc(-c2cccnc2)o1. The molecule has 0 unspecified atom stereocenters. The van der Waals surface area contributed by atoms with Gasteiger partial charge in [-0.1, -0.05) is 25.0 Å². The van der Waals surface area contributed by atoms with E-state index in [0.717, 1.165) is 16.8 Å². The minimum absolute atomic E-state index is 0.247. The van der Waals surface area contributed by atoms with Crippen LogP contribution in [-0.4, -0.2) is 27.9 Å². The fourth-order valence-corrected chi connectivity index (χ4v) is 2.23. The molecule has 1 amide bonds. The van der Waals surface area contributed by atoms with Crippen molar-refractivity contribution in [1.82, 2.24) is 15.2 Å². The van der Waals surface area contributed by atoms with Crippen LogP contribution >= 0.6 is 0 Å². The average Bonchev–Trinajstić information content (AvgIpc) is 3.12. The predicted molar refractivity (Wildman–Crippen MR) is 102 cm³/mol. The number of benzene rings is 1. The Balaban J connectivity index is 1.70. The molecule has 8 heteroatoms. The van der Waals surface area contributed by atoms with E-state index in [1.807, 2.05) is 32.9 Å². The molecule has 0 atom stereocenters. The van der Waals surface area contributed by atoms with E-state index in [9.17, 15) is 4.79 Å². The molecule has 0 fully saturated rings. The fourth-order valence-electron chi connectivity index (χ4n) is 2.23. The van der Waals surface area contributed by atoms with Crippen molar-refractivity contribution in [3.05, 3.63) is 48.3 Å². The third-order valence-corrected chi connectivity index (χ3v) is 3.61. The minimum Gasteiger partial charge on any atom is -0.449 e. The minimum atomic E-state index is -0.491. The standard InChI is InChI=1S/C19H21N5O3/c1-12(2)11-26-19(25)21-15-7-6-13(3)16(9-15)22-18-24-23-17(27-18)14-5-4-8-20-10-14/h4-10,12H,11H2,1-3H3,(H,21,25)(H,22,24). The molecule has 8 nitrogen and oxygen atoms in total. The molecule has 0 spiro atoms. The van der Waals surface area contributed by atoms with Crippen molar-refractivity contribution in [3.63, 3.8) is 0 Å². The summed E-state index contributed by atoms with van der Waals surface area (Å²) < 4.78 is 10.8. The predicted octanol–water partition coefficient (Wildman–Crippen LogP) is 4.39. The Hall–Kier alpha value is -3.42. The molecule has 3 rings (SSSR count). The molecule has 3 aromatic rings. The van der Waals surface area contributed by atoms with Gasteiger partial charge in [-0.15, -0.1) is 5.10 Å². The van der Waals surface area contributed by atoms with Gasteiger partial charge in [-0.05, 0) is 42.7 Å². The van der Waals surface area contributed by atoms with E-state index in [1.165, 1.54) is 0 Å². The largest absolute Gasteiger partial charge is 0.449 e. The number of carbonyl (C=O) groups is 1. The Morgan fingerprint density at radius 2 is 2.11 bits per heavy atom. The zero-order chi connectivity index (χ0) is 19.2. The summed E-state index contributed by atoms with van der Waals surface area (Å²) in [4.78, 5) is 15.9. The van der Waals surface area contributed by atoms with Gasteiger partial charge in [-0.3, -0.25) is 10.3 Å². The number of aromatic nitrogens is 3. The lowest BCUT2D eigenvalue weighted by Gasteiger charge is -2.11. The van der Waals surface area contributed by atoms with Gasteiger partial charge in [0.1, 0.15) is 0 Å². The van der Waals surface area contributed by atoms with E-state index in [4.69, 9.17) is 9.15 Å². The zero-order valence-corrected chi connectivity index (χ0v) is 15.4. The van der Waals surface area contributed by atoms with E-state index in [2.05, 4.69) is 25.8 Å². The van der Waals surface area contributed by atoms with Crippen molar-refractivity contribution in [2.75, 3.05) is 17.2 Å². The lowest BCUT2D eigenvalue weighted by molar-refractivity contribution is 0.147. The summed E-state index contributed by atoms with van der Waals surface area (Å²) in [5.41, 5.74) is 3.03. The first-order valence-corrected chi connectivity index (χ1v) is 8.56. The summed E-state index contributed by atoms with van der Waals surface area (Å²) in [7, 11) is 0. The first kappa shape index (κ1) is 18.4. The molecule has 140 valence electrons. The van der Waals surface area contributed by atoms with Crippen molar-refractivity contribution >= 4 is 23.5 Å². The summed E-state index contributed by atoms with van der Waals surface area (Å²) in [6.07, 6.45) is 2.83. The van der Waals surface area contributed by atoms with Crippen molar-refractivity contribution < 1.29 is 13.9 Å². The summed E-state index contributed by atoms with van der Waals surface area (Å²) in [6, 6.07) is 9.33. The highest BCUT2D eigenvalue weighted by atomic mass is 16.5. The lowest BCUT2D eigenvalue weighted by atomic mass is 10.2. The molecule has 0 saturated heterocycles. The highest BCUT2D eigenvalue weighted by molar-refractivity contribution is 5.85. The summed E-state index contributed by atoms with van der Waals surface area (Å²) >= 11 is 0. The van der Waals surface area contributed by atoms with E-state index in [1.54, 1.807) is 30.6 Å². The third kappa shape index (κ3) is 5.04. The van der Waals surface area contributed by atoms with Gasteiger partial charge in [0.15, 0.2) is 0 Å². The van der Waals surface area contributed by atoms with E-state index in [-0.39, 0.29) is 11.9 Å². The van der Waals surface area contributed by atoms with Gasteiger partial charge < -0.3 is 14.5 Å². The number of aryl methyl sites for hydroxylation is 1. The molecular weight excluding hydrogens is 346 g/mol. The molecule has 0 saturated carbocycles. The number of ether oxygens (including phenoxy) is 1. The van der Waals surface area contributed by atoms with Crippen LogP contribution in [0.2, 0.25) is 0 Å². The summed E-state index contributed by atoms with van der Waals surface area (Å²) in [6.45, 7) is 6.25. The van der Waals surface area contributed by atoms with Gasteiger partial charge in [-0.2, -0.15) is 0 Å². The third-order valence-electron chi connectivity index (χ3n) is 3.61. The van der Waals surface area contributed by atoms with Gasteiger partial charge in [-0.25, -0.2) is 4.79 Å². The quantitative estimate of drug-likeness (QED) is 0.666.